The molecule has 0 unspecified atom stereocenters. The fraction of sp³-hybridized carbons (Fsp3) is 0.389. The largest absolute Gasteiger partial charge is 0.368 e. The Balaban J connectivity index is 1.56. The van der Waals surface area contributed by atoms with Crippen molar-refractivity contribution in [1.29, 1.82) is 0 Å². The van der Waals surface area contributed by atoms with Gasteiger partial charge in [-0.1, -0.05) is 24.3 Å². The second kappa shape index (κ2) is 4.93. The molecule has 2 aliphatic rings. The van der Waals surface area contributed by atoms with Crippen molar-refractivity contribution in [3.8, 4) is 0 Å². The van der Waals surface area contributed by atoms with Crippen LogP contribution in [0.2, 0.25) is 0 Å². The number of nitrogens with zero attached hydrogens (tertiary/aromatic N) is 2. The smallest absolute Gasteiger partial charge is 0.0368 e. The SMILES string of the molecule is c1ccc(N2CC[C@H]3C[C@@H](c4cccnc4)C[C@H]32)cc1. The zero-order valence-electron chi connectivity index (χ0n) is 11.7. The van der Waals surface area contributed by atoms with E-state index >= 15 is 0 Å². The molecule has 0 bridgehead atoms. The first-order valence-corrected chi connectivity index (χ1v) is 7.63. The van der Waals surface area contributed by atoms with E-state index in [-0.39, 0.29) is 0 Å². The van der Waals surface area contributed by atoms with Gasteiger partial charge in [0.1, 0.15) is 0 Å². The number of pyridine rings is 1. The minimum absolute atomic E-state index is 0.699. The highest BCUT2D eigenvalue weighted by atomic mass is 15.2. The summed E-state index contributed by atoms with van der Waals surface area (Å²) >= 11 is 0. The summed E-state index contributed by atoms with van der Waals surface area (Å²) in [5.74, 6) is 1.56. The maximum Gasteiger partial charge on any atom is 0.0368 e. The van der Waals surface area contributed by atoms with Gasteiger partial charge in [0.25, 0.3) is 0 Å². The summed E-state index contributed by atoms with van der Waals surface area (Å²) < 4.78 is 0. The van der Waals surface area contributed by atoms with Crippen molar-refractivity contribution < 1.29 is 0 Å². The van der Waals surface area contributed by atoms with Crippen LogP contribution in [0.1, 0.15) is 30.7 Å². The van der Waals surface area contributed by atoms with E-state index in [1.54, 1.807) is 0 Å². The average Bonchev–Trinajstić information content (AvgIpc) is 3.09. The van der Waals surface area contributed by atoms with Crippen LogP contribution in [0.4, 0.5) is 5.69 Å². The van der Waals surface area contributed by atoms with Crippen LogP contribution in [-0.4, -0.2) is 17.6 Å². The summed E-state index contributed by atoms with van der Waals surface area (Å²) in [4.78, 5) is 6.91. The Morgan fingerprint density at radius 1 is 1.00 bits per heavy atom. The van der Waals surface area contributed by atoms with Gasteiger partial charge in [-0.2, -0.15) is 0 Å². The first-order chi connectivity index (χ1) is 9.92. The Hall–Kier alpha value is -1.83. The van der Waals surface area contributed by atoms with Crippen molar-refractivity contribution in [3.05, 3.63) is 60.4 Å². The number of aromatic nitrogens is 1. The van der Waals surface area contributed by atoms with Gasteiger partial charge >= 0.3 is 0 Å². The third kappa shape index (κ3) is 2.00. The average molecular weight is 264 g/mol. The van der Waals surface area contributed by atoms with Gasteiger partial charge in [0.2, 0.25) is 0 Å². The van der Waals surface area contributed by atoms with Crippen LogP contribution in [0.5, 0.6) is 0 Å². The van der Waals surface area contributed by atoms with E-state index in [9.17, 15) is 0 Å². The highest BCUT2D eigenvalue weighted by Gasteiger charge is 2.42. The molecule has 0 spiro atoms. The Labute approximate surface area is 120 Å². The number of fused-ring (bicyclic) bond motifs is 1. The fourth-order valence-electron chi connectivity index (χ4n) is 4.10. The molecule has 4 rings (SSSR count). The van der Waals surface area contributed by atoms with Crippen molar-refractivity contribution in [2.24, 2.45) is 5.92 Å². The number of rotatable bonds is 2. The topological polar surface area (TPSA) is 16.1 Å². The lowest BCUT2D eigenvalue weighted by atomic mass is 9.97. The minimum atomic E-state index is 0.699. The molecule has 2 aromatic rings. The van der Waals surface area contributed by atoms with Gasteiger partial charge in [0.15, 0.2) is 0 Å². The molecule has 1 aromatic heterocycles. The van der Waals surface area contributed by atoms with Crippen molar-refractivity contribution in [2.45, 2.75) is 31.2 Å². The zero-order valence-corrected chi connectivity index (χ0v) is 11.7. The maximum absolute atomic E-state index is 4.29. The highest BCUT2D eigenvalue weighted by molar-refractivity contribution is 5.49. The summed E-state index contributed by atoms with van der Waals surface area (Å²) in [6.07, 6.45) is 7.88. The van der Waals surface area contributed by atoms with E-state index in [2.05, 4.69) is 58.5 Å². The molecular formula is C18H20N2. The van der Waals surface area contributed by atoms with E-state index in [0.717, 1.165) is 12.0 Å². The molecule has 0 N–H and O–H groups in total. The van der Waals surface area contributed by atoms with Gasteiger partial charge < -0.3 is 4.90 Å². The Bertz CT molecular complexity index is 566. The van der Waals surface area contributed by atoms with Crippen molar-refractivity contribution in [3.63, 3.8) is 0 Å². The predicted octanol–water partition coefficient (Wildman–Crippen LogP) is 3.85. The Morgan fingerprint density at radius 3 is 2.70 bits per heavy atom. The molecule has 2 fully saturated rings. The molecule has 20 heavy (non-hydrogen) atoms. The van der Waals surface area contributed by atoms with E-state index in [1.165, 1.54) is 37.1 Å². The molecule has 1 aliphatic heterocycles. The lowest BCUT2D eigenvalue weighted by molar-refractivity contribution is 0.536. The van der Waals surface area contributed by atoms with E-state index in [1.807, 2.05) is 6.20 Å². The van der Waals surface area contributed by atoms with Crippen LogP contribution >= 0.6 is 0 Å². The van der Waals surface area contributed by atoms with Gasteiger partial charge in [-0.25, -0.2) is 0 Å². The van der Waals surface area contributed by atoms with Crippen LogP contribution in [0.15, 0.2) is 54.9 Å². The molecule has 1 aromatic carbocycles. The molecule has 0 amide bonds. The van der Waals surface area contributed by atoms with Gasteiger partial charge in [0, 0.05) is 30.7 Å². The zero-order chi connectivity index (χ0) is 13.4. The van der Waals surface area contributed by atoms with Crippen LogP contribution in [0, 0.1) is 5.92 Å². The lowest BCUT2D eigenvalue weighted by Gasteiger charge is -2.26. The van der Waals surface area contributed by atoms with Gasteiger partial charge in [0.05, 0.1) is 0 Å². The molecule has 1 saturated heterocycles. The van der Waals surface area contributed by atoms with Gasteiger partial charge in [-0.15, -0.1) is 0 Å². The van der Waals surface area contributed by atoms with Gasteiger partial charge in [-0.05, 0) is 54.9 Å². The molecule has 1 aliphatic carbocycles. The second-order valence-corrected chi connectivity index (χ2v) is 6.10. The first-order valence-electron chi connectivity index (χ1n) is 7.63. The fourth-order valence-corrected chi connectivity index (χ4v) is 4.10. The van der Waals surface area contributed by atoms with Crippen molar-refractivity contribution in [2.75, 3.05) is 11.4 Å². The molecule has 1 saturated carbocycles. The van der Waals surface area contributed by atoms with Crippen LogP contribution in [0.25, 0.3) is 0 Å². The van der Waals surface area contributed by atoms with Crippen molar-refractivity contribution >= 4 is 5.69 Å². The second-order valence-electron chi connectivity index (χ2n) is 6.10. The minimum Gasteiger partial charge on any atom is -0.368 e. The van der Waals surface area contributed by atoms with Crippen LogP contribution in [-0.2, 0) is 0 Å². The highest BCUT2D eigenvalue weighted by Crippen LogP contribution is 2.46. The molecular weight excluding hydrogens is 244 g/mol. The maximum atomic E-state index is 4.29. The number of hydrogen-bond donors (Lipinski definition) is 0. The number of benzene rings is 1. The molecule has 2 nitrogen and oxygen atoms in total. The molecule has 102 valence electrons. The van der Waals surface area contributed by atoms with Crippen LogP contribution < -0.4 is 4.90 Å². The third-order valence-corrected chi connectivity index (χ3v) is 5.04. The normalized spacial score (nSPS) is 28.6. The molecule has 2 heterocycles. The quantitative estimate of drug-likeness (QED) is 0.819. The predicted molar refractivity (Wildman–Crippen MR) is 81.9 cm³/mol. The summed E-state index contributed by atoms with van der Waals surface area (Å²) in [5, 5.41) is 0. The van der Waals surface area contributed by atoms with Crippen LogP contribution in [0.3, 0.4) is 0 Å². The summed E-state index contributed by atoms with van der Waals surface area (Å²) in [6.45, 7) is 1.22. The lowest BCUT2D eigenvalue weighted by Crippen LogP contribution is -2.29. The first kappa shape index (κ1) is 12.0. The number of para-hydroxylation sites is 1. The number of anilines is 1. The summed E-state index contributed by atoms with van der Waals surface area (Å²) in [7, 11) is 0. The van der Waals surface area contributed by atoms with E-state index < -0.39 is 0 Å². The van der Waals surface area contributed by atoms with Crippen molar-refractivity contribution in [1.82, 2.24) is 4.98 Å². The Morgan fingerprint density at radius 2 is 1.90 bits per heavy atom. The summed E-state index contributed by atoms with van der Waals surface area (Å²) in [6, 6.07) is 15.9. The molecule has 2 heteroatoms. The monoisotopic (exact) mass is 264 g/mol. The van der Waals surface area contributed by atoms with E-state index in [4.69, 9.17) is 0 Å². The van der Waals surface area contributed by atoms with Gasteiger partial charge in [-0.3, -0.25) is 4.98 Å². The number of hydrogen-bond acceptors (Lipinski definition) is 2. The third-order valence-electron chi connectivity index (χ3n) is 5.04. The summed E-state index contributed by atoms with van der Waals surface area (Å²) in [5.41, 5.74) is 2.82. The standard InChI is InChI=1S/C18H20N2/c1-2-6-17(7-3-1)20-10-8-14-11-16(12-18(14)20)15-5-4-9-19-13-15/h1-7,9,13-14,16,18H,8,10-12H2/t14-,16+,18+/m0/s1. The molecule has 3 atom stereocenters. The Kier molecular flexibility index (Phi) is 2.95. The van der Waals surface area contributed by atoms with E-state index in [0.29, 0.717) is 5.92 Å². The molecule has 0 radical (unpaired) electrons.